The molecule has 2 aromatic carbocycles. The molecule has 0 unspecified atom stereocenters. The lowest BCUT2D eigenvalue weighted by Crippen LogP contribution is -1.85. The number of phenols is 1. The Morgan fingerprint density at radius 2 is 1.94 bits per heavy atom. The second-order valence-electron chi connectivity index (χ2n) is 3.62. The number of anilines is 1. The zero-order valence-electron chi connectivity index (χ0n) is 8.20. The molecular weight excluding hydrogens is 226 g/mol. The minimum atomic E-state index is 0.0256. The molecule has 0 radical (unpaired) electrons. The van der Waals surface area contributed by atoms with Gasteiger partial charge in [-0.05, 0) is 30.3 Å². The lowest BCUT2D eigenvalue weighted by atomic mass is 10.1. The number of nitrogens with two attached hydrogens (primary N) is 1. The second-order valence-corrected chi connectivity index (χ2v) is 4.05. The highest BCUT2D eigenvalue weighted by Gasteiger charge is 2.11. The summed E-state index contributed by atoms with van der Waals surface area (Å²) in [6.07, 6.45) is 0. The van der Waals surface area contributed by atoms with Crippen molar-refractivity contribution in [3.63, 3.8) is 0 Å². The van der Waals surface area contributed by atoms with E-state index in [2.05, 4.69) is 0 Å². The third kappa shape index (κ3) is 1.15. The Morgan fingerprint density at radius 1 is 1.12 bits per heavy atom. The molecule has 0 fully saturated rings. The molecule has 0 bridgehead atoms. The average Bonchev–Trinajstić information content (AvgIpc) is 2.62. The zero-order chi connectivity index (χ0) is 11.3. The van der Waals surface area contributed by atoms with E-state index in [4.69, 9.17) is 21.8 Å². The van der Waals surface area contributed by atoms with E-state index in [1.807, 2.05) is 6.07 Å². The third-order valence-electron chi connectivity index (χ3n) is 2.62. The molecule has 3 aromatic rings. The van der Waals surface area contributed by atoms with Gasteiger partial charge in [-0.1, -0.05) is 11.6 Å². The van der Waals surface area contributed by atoms with E-state index < -0.39 is 0 Å². The van der Waals surface area contributed by atoms with Gasteiger partial charge in [0, 0.05) is 15.8 Å². The Morgan fingerprint density at radius 3 is 2.75 bits per heavy atom. The fourth-order valence-corrected chi connectivity index (χ4v) is 1.99. The topological polar surface area (TPSA) is 59.4 Å². The van der Waals surface area contributed by atoms with Gasteiger partial charge in [0.15, 0.2) is 5.58 Å². The van der Waals surface area contributed by atoms with Crippen molar-refractivity contribution >= 4 is 39.2 Å². The number of benzene rings is 2. The number of halogens is 1. The van der Waals surface area contributed by atoms with Gasteiger partial charge in [-0.25, -0.2) is 0 Å². The summed E-state index contributed by atoms with van der Waals surface area (Å²) in [5.41, 5.74) is 7.20. The third-order valence-corrected chi connectivity index (χ3v) is 2.85. The molecule has 1 aromatic heterocycles. The van der Waals surface area contributed by atoms with Crippen LogP contribution in [-0.4, -0.2) is 5.11 Å². The summed E-state index contributed by atoms with van der Waals surface area (Å²) in [6.45, 7) is 0. The summed E-state index contributed by atoms with van der Waals surface area (Å²) in [5.74, 6) is 0.0256. The lowest BCUT2D eigenvalue weighted by molar-refractivity contribution is 0.477. The molecular formula is C12H8ClNO2. The predicted molar refractivity (Wildman–Crippen MR) is 64.8 cm³/mol. The Hall–Kier alpha value is -1.87. The van der Waals surface area contributed by atoms with Crippen molar-refractivity contribution in [3.05, 3.63) is 35.4 Å². The largest absolute Gasteiger partial charge is 0.506 e. The van der Waals surface area contributed by atoms with Crippen LogP contribution >= 0.6 is 11.6 Å². The first-order valence-electron chi connectivity index (χ1n) is 4.76. The van der Waals surface area contributed by atoms with Crippen LogP contribution in [0.2, 0.25) is 5.02 Å². The highest BCUT2D eigenvalue weighted by molar-refractivity contribution is 6.31. The molecule has 0 saturated carbocycles. The summed E-state index contributed by atoms with van der Waals surface area (Å²) >= 11 is 5.92. The van der Waals surface area contributed by atoms with Gasteiger partial charge >= 0.3 is 0 Å². The van der Waals surface area contributed by atoms with Crippen LogP contribution in [0, 0.1) is 0 Å². The van der Waals surface area contributed by atoms with Crippen LogP contribution in [0.25, 0.3) is 21.9 Å². The minimum Gasteiger partial charge on any atom is -0.506 e. The number of hydrogen-bond acceptors (Lipinski definition) is 3. The molecule has 0 aliphatic carbocycles. The van der Waals surface area contributed by atoms with Crippen molar-refractivity contribution in [1.82, 2.24) is 0 Å². The first kappa shape index (κ1) is 9.36. The number of hydrogen-bond donors (Lipinski definition) is 2. The second kappa shape index (κ2) is 3.06. The Kier molecular flexibility index (Phi) is 1.79. The van der Waals surface area contributed by atoms with Gasteiger partial charge in [0.25, 0.3) is 0 Å². The standard InChI is InChI=1S/C12H8ClNO2/c13-6-1-4-10-8(5-6)7-2-3-9(15)11(14)12(7)16-10/h1-5,15H,14H2. The van der Waals surface area contributed by atoms with Gasteiger partial charge in [-0.3, -0.25) is 0 Å². The monoisotopic (exact) mass is 233 g/mol. The normalized spacial score (nSPS) is 11.3. The Balaban J connectivity index is 2.56. The molecule has 0 amide bonds. The van der Waals surface area contributed by atoms with Gasteiger partial charge in [-0.2, -0.15) is 0 Å². The molecule has 0 spiro atoms. The van der Waals surface area contributed by atoms with Crippen LogP contribution in [0.1, 0.15) is 0 Å². The Bertz CT molecular complexity index is 703. The number of furan rings is 1. The summed E-state index contributed by atoms with van der Waals surface area (Å²) in [7, 11) is 0. The van der Waals surface area contributed by atoms with Gasteiger partial charge < -0.3 is 15.3 Å². The number of rotatable bonds is 0. The van der Waals surface area contributed by atoms with Gasteiger partial charge in [-0.15, -0.1) is 0 Å². The van der Waals surface area contributed by atoms with Crippen molar-refractivity contribution in [2.75, 3.05) is 5.73 Å². The van der Waals surface area contributed by atoms with Crippen LogP contribution in [0.3, 0.4) is 0 Å². The maximum atomic E-state index is 9.49. The van der Waals surface area contributed by atoms with Gasteiger partial charge in [0.05, 0.1) is 0 Å². The summed E-state index contributed by atoms with van der Waals surface area (Å²) in [5, 5.41) is 11.9. The maximum absolute atomic E-state index is 9.49. The summed E-state index contributed by atoms with van der Waals surface area (Å²) < 4.78 is 5.58. The van der Waals surface area contributed by atoms with Crippen molar-refractivity contribution in [2.24, 2.45) is 0 Å². The number of nitrogen functional groups attached to an aromatic ring is 1. The highest BCUT2D eigenvalue weighted by atomic mass is 35.5. The van der Waals surface area contributed by atoms with Gasteiger partial charge in [0.2, 0.25) is 0 Å². The van der Waals surface area contributed by atoms with E-state index in [1.54, 1.807) is 24.3 Å². The molecule has 0 atom stereocenters. The van der Waals surface area contributed by atoms with E-state index in [9.17, 15) is 5.11 Å². The first-order valence-corrected chi connectivity index (χ1v) is 5.14. The lowest BCUT2D eigenvalue weighted by Gasteiger charge is -1.97. The predicted octanol–water partition coefficient (Wildman–Crippen LogP) is 3.53. The van der Waals surface area contributed by atoms with Crippen molar-refractivity contribution in [3.8, 4) is 5.75 Å². The molecule has 3 N–H and O–H groups in total. The minimum absolute atomic E-state index is 0.0256. The molecule has 3 rings (SSSR count). The molecule has 0 aliphatic rings. The van der Waals surface area contributed by atoms with Gasteiger partial charge in [0.1, 0.15) is 17.0 Å². The molecule has 16 heavy (non-hydrogen) atoms. The fraction of sp³-hybridized carbons (Fsp3) is 0. The highest BCUT2D eigenvalue weighted by Crippen LogP contribution is 2.37. The van der Waals surface area contributed by atoms with E-state index in [0.29, 0.717) is 16.2 Å². The first-order chi connectivity index (χ1) is 7.66. The molecule has 0 saturated heterocycles. The van der Waals surface area contributed by atoms with E-state index in [-0.39, 0.29) is 11.4 Å². The molecule has 0 aliphatic heterocycles. The zero-order valence-corrected chi connectivity index (χ0v) is 8.95. The average molecular weight is 234 g/mol. The Labute approximate surface area is 96.0 Å². The fourth-order valence-electron chi connectivity index (χ4n) is 1.82. The quantitative estimate of drug-likeness (QED) is 0.461. The van der Waals surface area contributed by atoms with E-state index in [0.717, 1.165) is 10.8 Å². The molecule has 1 heterocycles. The molecule has 3 nitrogen and oxygen atoms in total. The van der Waals surface area contributed by atoms with Crippen LogP contribution in [-0.2, 0) is 0 Å². The summed E-state index contributed by atoms with van der Waals surface area (Å²) in [6, 6.07) is 8.67. The maximum Gasteiger partial charge on any atom is 0.162 e. The SMILES string of the molecule is Nc1c(O)ccc2c1oc1ccc(Cl)cc12. The van der Waals surface area contributed by atoms with Crippen LogP contribution in [0.4, 0.5) is 5.69 Å². The van der Waals surface area contributed by atoms with Crippen molar-refractivity contribution in [2.45, 2.75) is 0 Å². The number of fused-ring (bicyclic) bond motifs is 3. The smallest absolute Gasteiger partial charge is 0.162 e. The molecule has 4 heteroatoms. The van der Waals surface area contributed by atoms with Crippen LogP contribution in [0.15, 0.2) is 34.7 Å². The van der Waals surface area contributed by atoms with E-state index in [1.165, 1.54) is 0 Å². The number of aromatic hydroxyl groups is 1. The van der Waals surface area contributed by atoms with Crippen molar-refractivity contribution in [1.29, 1.82) is 0 Å². The van der Waals surface area contributed by atoms with Crippen LogP contribution in [0.5, 0.6) is 5.75 Å². The number of phenolic OH excluding ortho intramolecular Hbond substituents is 1. The van der Waals surface area contributed by atoms with Crippen LogP contribution < -0.4 is 5.73 Å². The molecule has 80 valence electrons. The van der Waals surface area contributed by atoms with E-state index >= 15 is 0 Å². The van der Waals surface area contributed by atoms with Crippen molar-refractivity contribution < 1.29 is 9.52 Å². The summed E-state index contributed by atoms with van der Waals surface area (Å²) in [4.78, 5) is 0.